The molecule has 1 unspecified atom stereocenters. The van der Waals surface area contributed by atoms with Crippen LogP contribution < -0.4 is 0 Å². The standard InChI is InChI=1S/C11H11NO2S/c1-11(8-12)10-5-3-2-4-9(10)6-7-15(11,13)14/h2-5H,6-7H2,1H3. The number of sulfone groups is 1. The van der Waals surface area contributed by atoms with Crippen molar-refractivity contribution in [2.45, 2.75) is 18.1 Å². The minimum atomic E-state index is -3.35. The predicted molar refractivity (Wildman–Crippen MR) is 56.9 cm³/mol. The van der Waals surface area contributed by atoms with Crippen LogP contribution in [0.15, 0.2) is 24.3 Å². The summed E-state index contributed by atoms with van der Waals surface area (Å²) < 4.78 is 22.4. The van der Waals surface area contributed by atoms with E-state index in [4.69, 9.17) is 5.26 Å². The molecule has 1 aliphatic heterocycles. The van der Waals surface area contributed by atoms with Crippen LogP contribution in [0.4, 0.5) is 0 Å². The maximum Gasteiger partial charge on any atom is 0.180 e. The number of aryl methyl sites for hydroxylation is 1. The third-order valence-electron chi connectivity index (χ3n) is 3.01. The summed E-state index contributed by atoms with van der Waals surface area (Å²) in [6.45, 7) is 1.49. The Balaban J connectivity index is 2.77. The fourth-order valence-electron chi connectivity index (χ4n) is 1.95. The van der Waals surface area contributed by atoms with Gasteiger partial charge in [0.05, 0.1) is 11.8 Å². The van der Waals surface area contributed by atoms with E-state index in [2.05, 4.69) is 0 Å². The number of hydrogen-bond donors (Lipinski definition) is 0. The lowest BCUT2D eigenvalue weighted by molar-refractivity contribution is 0.564. The van der Waals surface area contributed by atoms with Gasteiger partial charge in [0.1, 0.15) is 0 Å². The van der Waals surface area contributed by atoms with Gasteiger partial charge in [0.15, 0.2) is 14.6 Å². The topological polar surface area (TPSA) is 57.9 Å². The number of nitrogens with zero attached hydrogens (tertiary/aromatic N) is 1. The number of rotatable bonds is 0. The molecule has 0 radical (unpaired) electrons. The monoisotopic (exact) mass is 221 g/mol. The normalized spacial score (nSPS) is 27.7. The van der Waals surface area contributed by atoms with Gasteiger partial charge in [-0.2, -0.15) is 5.26 Å². The van der Waals surface area contributed by atoms with E-state index < -0.39 is 14.6 Å². The van der Waals surface area contributed by atoms with Gasteiger partial charge in [-0.25, -0.2) is 8.42 Å². The molecule has 4 heteroatoms. The highest BCUT2D eigenvalue weighted by atomic mass is 32.2. The average molecular weight is 221 g/mol. The first-order valence-electron chi connectivity index (χ1n) is 4.73. The summed E-state index contributed by atoms with van der Waals surface area (Å²) in [5.74, 6) is 0.0636. The van der Waals surface area contributed by atoms with Crippen LogP contribution in [0, 0.1) is 11.3 Å². The van der Waals surface area contributed by atoms with Crippen molar-refractivity contribution in [2.24, 2.45) is 0 Å². The van der Waals surface area contributed by atoms with E-state index in [1.807, 2.05) is 18.2 Å². The molecule has 1 atom stereocenters. The zero-order valence-electron chi connectivity index (χ0n) is 8.40. The summed E-state index contributed by atoms with van der Waals surface area (Å²) in [5, 5.41) is 9.10. The lowest BCUT2D eigenvalue weighted by Crippen LogP contribution is -2.38. The molecule has 3 nitrogen and oxygen atoms in total. The first-order chi connectivity index (χ1) is 7.01. The van der Waals surface area contributed by atoms with E-state index in [1.165, 1.54) is 6.92 Å². The maximum atomic E-state index is 11.9. The molecule has 1 aromatic carbocycles. The highest BCUT2D eigenvalue weighted by Crippen LogP contribution is 2.36. The molecule has 0 saturated carbocycles. The van der Waals surface area contributed by atoms with Crippen molar-refractivity contribution in [3.63, 3.8) is 0 Å². The summed E-state index contributed by atoms with van der Waals surface area (Å²) in [6.07, 6.45) is 0.510. The minimum absolute atomic E-state index is 0.0636. The molecule has 2 rings (SSSR count). The second kappa shape index (κ2) is 3.07. The Morgan fingerprint density at radius 3 is 2.73 bits per heavy atom. The van der Waals surface area contributed by atoms with Gasteiger partial charge < -0.3 is 0 Å². The third kappa shape index (κ3) is 1.27. The number of benzene rings is 1. The number of nitriles is 1. The molecule has 0 aromatic heterocycles. The summed E-state index contributed by atoms with van der Waals surface area (Å²) in [7, 11) is -3.35. The van der Waals surface area contributed by atoms with E-state index >= 15 is 0 Å². The van der Waals surface area contributed by atoms with Gasteiger partial charge in [-0.05, 0) is 24.5 Å². The Bertz CT molecular complexity index is 542. The summed E-state index contributed by atoms with van der Waals surface area (Å²) in [4.78, 5) is 0. The SMILES string of the molecule is CC1(C#N)c2ccccc2CCS1(=O)=O. The fourth-order valence-corrected chi connectivity index (χ4v) is 3.52. The minimum Gasteiger partial charge on any atom is -0.227 e. The lowest BCUT2D eigenvalue weighted by Gasteiger charge is -2.29. The molecule has 15 heavy (non-hydrogen) atoms. The highest BCUT2D eigenvalue weighted by molar-refractivity contribution is 7.92. The average Bonchev–Trinajstić information content (AvgIpc) is 2.24. The molecule has 1 heterocycles. The van der Waals surface area contributed by atoms with Crippen molar-refractivity contribution in [2.75, 3.05) is 5.75 Å². The fraction of sp³-hybridized carbons (Fsp3) is 0.364. The molecule has 1 aromatic rings. The van der Waals surface area contributed by atoms with E-state index in [0.717, 1.165) is 5.56 Å². The van der Waals surface area contributed by atoms with Gasteiger partial charge in [-0.3, -0.25) is 0 Å². The third-order valence-corrected chi connectivity index (χ3v) is 5.30. The molecule has 0 amide bonds. The van der Waals surface area contributed by atoms with Gasteiger partial charge in [0.25, 0.3) is 0 Å². The van der Waals surface area contributed by atoms with Crippen LogP contribution in [-0.4, -0.2) is 14.2 Å². The largest absolute Gasteiger partial charge is 0.227 e. The van der Waals surface area contributed by atoms with Crippen LogP contribution in [0.25, 0.3) is 0 Å². The molecule has 0 saturated heterocycles. The molecular formula is C11H11NO2S. The van der Waals surface area contributed by atoms with Crippen molar-refractivity contribution in [1.29, 1.82) is 5.26 Å². The van der Waals surface area contributed by atoms with E-state index in [0.29, 0.717) is 12.0 Å². The lowest BCUT2D eigenvalue weighted by atomic mass is 9.94. The Morgan fingerprint density at radius 1 is 1.40 bits per heavy atom. The quantitative estimate of drug-likeness (QED) is 0.665. The van der Waals surface area contributed by atoms with Crippen LogP contribution in [0.5, 0.6) is 0 Å². The van der Waals surface area contributed by atoms with Crippen LogP contribution >= 0.6 is 0 Å². The second-order valence-corrected chi connectivity index (χ2v) is 6.33. The van der Waals surface area contributed by atoms with Crippen molar-refractivity contribution in [3.8, 4) is 6.07 Å². The second-order valence-electron chi connectivity index (χ2n) is 3.87. The predicted octanol–water partition coefficient (Wildman–Crippen LogP) is 1.40. The van der Waals surface area contributed by atoms with Crippen LogP contribution in [0.3, 0.4) is 0 Å². The van der Waals surface area contributed by atoms with Gasteiger partial charge in [-0.15, -0.1) is 0 Å². The Hall–Kier alpha value is -1.34. The van der Waals surface area contributed by atoms with Crippen molar-refractivity contribution < 1.29 is 8.42 Å². The van der Waals surface area contributed by atoms with Crippen molar-refractivity contribution in [3.05, 3.63) is 35.4 Å². The molecule has 78 valence electrons. The first-order valence-corrected chi connectivity index (χ1v) is 6.38. The van der Waals surface area contributed by atoms with Gasteiger partial charge in [0, 0.05) is 0 Å². The Morgan fingerprint density at radius 2 is 2.07 bits per heavy atom. The molecule has 1 aliphatic rings. The highest BCUT2D eigenvalue weighted by Gasteiger charge is 2.45. The smallest absolute Gasteiger partial charge is 0.180 e. The summed E-state index contributed by atoms with van der Waals surface area (Å²) in [5.41, 5.74) is 1.61. The maximum absolute atomic E-state index is 11.9. The summed E-state index contributed by atoms with van der Waals surface area (Å²) in [6, 6.07) is 9.20. The molecule has 0 spiro atoms. The Labute approximate surface area is 89.3 Å². The van der Waals surface area contributed by atoms with E-state index in [-0.39, 0.29) is 5.75 Å². The van der Waals surface area contributed by atoms with Crippen LogP contribution in [0.1, 0.15) is 18.1 Å². The van der Waals surface area contributed by atoms with E-state index in [1.54, 1.807) is 12.1 Å². The molecule has 0 bridgehead atoms. The zero-order chi connectivity index (χ0) is 11.1. The van der Waals surface area contributed by atoms with Crippen molar-refractivity contribution in [1.82, 2.24) is 0 Å². The number of hydrogen-bond acceptors (Lipinski definition) is 3. The molecular weight excluding hydrogens is 210 g/mol. The van der Waals surface area contributed by atoms with Crippen molar-refractivity contribution >= 4 is 9.84 Å². The summed E-state index contributed by atoms with van der Waals surface area (Å²) >= 11 is 0. The number of fused-ring (bicyclic) bond motifs is 1. The Kier molecular flexibility index (Phi) is 2.09. The first kappa shape index (κ1) is 10.2. The van der Waals surface area contributed by atoms with E-state index in [9.17, 15) is 8.42 Å². The zero-order valence-corrected chi connectivity index (χ0v) is 9.21. The van der Waals surface area contributed by atoms with Gasteiger partial charge in [-0.1, -0.05) is 24.3 Å². The molecule has 0 N–H and O–H groups in total. The van der Waals surface area contributed by atoms with Crippen LogP contribution in [-0.2, 0) is 21.0 Å². The molecule has 0 fully saturated rings. The van der Waals surface area contributed by atoms with Gasteiger partial charge in [0.2, 0.25) is 0 Å². The van der Waals surface area contributed by atoms with Gasteiger partial charge >= 0.3 is 0 Å². The van der Waals surface area contributed by atoms with Crippen LogP contribution in [0.2, 0.25) is 0 Å². The molecule has 0 aliphatic carbocycles.